The van der Waals surface area contributed by atoms with E-state index in [0.29, 0.717) is 17.6 Å². The molecule has 130 valence electrons. The third-order valence-corrected chi connectivity index (χ3v) is 4.93. The molecule has 0 aliphatic carbocycles. The highest BCUT2D eigenvalue weighted by molar-refractivity contribution is 7.71. The summed E-state index contributed by atoms with van der Waals surface area (Å²) in [6, 6.07) is 17.7. The van der Waals surface area contributed by atoms with Crippen LogP contribution in [0.25, 0.3) is 16.6 Å². The number of H-pyrrole nitrogens is 2. The van der Waals surface area contributed by atoms with E-state index in [1.807, 2.05) is 66.1 Å². The third kappa shape index (κ3) is 2.88. The number of fused-ring (bicyclic) bond motifs is 1. The van der Waals surface area contributed by atoms with Crippen LogP contribution >= 0.6 is 12.2 Å². The second kappa shape index (κ2) is 6.72. The average Bonchev–Trinajstić information content (AvgIpc) is 3.03. The first kappa shape index (κ1) is 16.5. The standard InChI is InChI=1S/C20H18N4OS/c1-13-15-9-5-6-10-17(15)21-19(25)16(13)11-12-18-22-23-20(26)24(18)14-7-3-2-4-8-14/h2-10H,11-12H2,1H3,(H,21,25)(H,23,26). The highest BCUT2D eigenvalue weighted by Gasteiger charge is 2.13. The maximum absolute atomic E-state index is 12.5. The summed E-state index contributed by atoms with van der Waals surface area (Å²) in [6.07, 6.45) is 1.21. The molecule has 5 nitrogen and oxygen atoms in total. The summed E-state index contributed by atoms with van der Waals surface area (Å²) in [5.41, 5.74) is 3.60. The van der Waals surface area contributed by atoms with Gasteiger partial charge in [-0.25, -0.2) is 0 Å². The van der Waals surface area contributed by atoms with Crippen molar-refractivity contribution in [3.05, 3.63) is 86.7 Å². The number of aromatic nitrogens is 4. The number of hydrogen-bond acceptors (Lipinski definition) is 3. The molecule has 6 heteroatoms. The molecule has 4 aromatic rings. The Labute approximate surface area is 155 Å². The number of rotatable bonds is 4. The Morgan fingerprint density at radius 3 is 2.58 bits per heavy atom. The summed E-state index contributed by atoms with van der Waals surface area (Å²) in [4.78, 5) is 15.5. The van der Waals surface area contributed by atoms with E-state index >= 15 is 0 Å². The summed E-state index contributed by atoms with van der Waals surface area (Å²) >= 11 is 5.38. The second-order valence-electron chi connectivity index (χ2n) is 6.22. The molecule has 0 aliphatic rings. The molecule has 0 aliphatic heterocycles. The highest BCUT2D eigenvalue weighted by Crippen LogP contribution is 2.19. The van der Waals surface area contributed by atoms with Crippen LogP contribution in [-0.2, 0) is 12.8 Å². The summed E-state index contributed by atoms with van der Waals surface area (Å²) in [6.45, 7) is 2.00. The average molecular weight is 362 g/mol. The Morgan fingerprint density at radius 1 is 1.04 bits per heavy atom. The Kier molecular flexibility index (Phi) is 4.26. The maximum atomic E-state index is 12.5. The van der Waals surface area contributed by atoms with Crippen molar-refractivity contribution in [3.8, 4) is 5.69 Å². The van der Waals surface area contributed by atoms with E-state index in [9.17, 15) is 4.79 Å². The lowest BCUT2D eigenvalue weighted by molar-refractivity contribution is 0.810. The Hall–Kier alpha value is -2.99. The molecule has 0 amide bonds. The number of nitrogens with zero attached hydrogens (tertiary/aromatic N) is 2. The number of benzene rings is 2. The van der Waals surface area contributed by atoms with Crippen LogP contribution in [0.3, 0.4) is 0 Å². The van der Waals surface area contributed by atoms with Crippen molar-refractivity contribution in [3.63, 3.8) is 0 Å². The van der Waals surface area contributed by atoms with Crippen molar-refractivity contribution in [1.29, 1.82) is 0 Å². The van der Waals surface area contributed by atoms with Gasteiger partial charge in [-0.05, 0) is 49.3 Å². The fraction of sp³-hybridized carbons (Fsp3) is 0.150. The zero-order chi connectivity index (χ0) is 18.1. The van der Waals surface area contributed by atoms with Crippen molar-refractivity contribution < 1.29 is 0 Å². The minimum Gasteiger partial charge on any atom is -0.322 e. The predicted octanol–water partition coefficient (Wildman–Crippen LogP) is 3.87. The third-order valence-electron chi connectivity index (χ3n) is 4.66. The highest BCUT2D eigenvalue weighted by atomic mass is 32.1. The van der Waals surface area contributed by atoms with Crippen LogP contribution in [0.1, 0.15) is 17.0 Å². The first-order chi connectivity index (χ1) is 12.6. The maximum Gasteiger partial charge on any atom is 0.251 e. The first-order valence-electron chi connectivity index (χ1n) is 8.47. The van der Waals surface area contributed by atoms with E-state index < -0.39 is 0 Å². The summed E-state index contributed by atoms with van der Waals surface area (Å²) < 4.78 is 2.47. The van der Waals surface area contributed by atoms with E-state index in [-0.39, 0.29) is 5.56 Å². The van der Waals surface area contributed by atoms with Crippen molar-refractivity contribution in [2.45, 2.75) is 19.8 Å². The van der Waals surface area contributed by atoms with Crippen LogP contribution in [-0.4, -0.2) is 19.7 Å². The van der Waals surface area contributed by atoms with Crippen LogP contribution in [0, 0.1) is 11.7 Å². The van der Waals surface area contributed by atoms with Crippen LogP contribution in [0.5, 0.6) is 0 Å². The lowest BCUT2D eigenvalue weighted by Crippen LogP contribution is -2.16. The molecule has 2 aromatic heterocycles. The Morgan fingerprint density at radius 2 is 1.77 bits per heavy atom. The molecule has 0 unspecified atom stereocenters. The van der Waals surface area contributed by atoms with Crippen LogP contribution in [0.15, 0.2) is 59.4 Å². The second-order valence-corrected chi connectivity index (χ2v) is 6.61. The monoisotopic (exact) mass is 362 g/mol. The molecule has 0 fully saturated rings. The minimum absolute atomic E-state index is 0.0402. The van der Waals surface area contributed by atoms with Gasteiger partial charge in [0.05, 0.1) is 0 Å². The van der Waals surface area contributed by atoms with Crippen molar-refractivity contribution >= 4 is 23.1 Å². The van der Waals surface area contributed by atoms with Crippen molar-refractivity contribution in [2.24, 2.45) is 0 Å². The van der Waals surface area contributed by atoms with Crippen LogP contribution in [0.4, 0.5) is 0 Å². The lowest BCUT2D eigenvalue weighted by atomic mass is 10.0. The molecule has 0 bridgehead atoms. The Bertz CT molecular complexity index is 1190. The lowest BCUT2D eigenvalue weighted by Gasteiger charge is -2.10. The summed E-state index contributed by atoms with van der Waals surface area (Å²) in [5, 5.41) is 8.30. The number of nitrogens with one attached hydrogen (secondary N) is 2. The minimum atomic E-state index is -0.0402. The quantitative estimate of drug-likeness (QED) is 0.542. The molecule has 2 aromatic carbocycles. The fourth-order valence-corrected chi connectivity index (χ4v) is 3.58. The zero-order valence-electron chi connectivity index (χ0n) is 14.3. The molecule has 0 radical (unpaired) electrons. The van der Waals surface area contributed by atoms with Crippen LogP contribution in [0.2, 0.25) is 0 Å². The topological polar surface area (TPSA) is 66.5 Å². The molecular formula is C20H18N4OS. The number of aryl methyl sites for hydroxylation is 2. The molecular weight excluding hydrogens is 344 g/mol. The largest absolute Gasteiger partial charge is 0.322 e. The number of aromatic amines is 2. The van der Waals surface area contributed by atoms with Gasteiger partial charge in [-0.2, -0.15) is 5.10 Å². The van der Waals surface area contributed by atoms with E-state index in [1.54, 1.807) is 0 Å². The SMILES string of the molecule is Cc1c(CCc2n[nH]c(=S)n2-c2ccccc2)c(=O)[nH]c2ccccc12. The van der Waals surface area contributed by atoms with Gasteiger partial charge in [0.15, 0.2) is 4.77 Å². The van der Waals surface area contributed by atoms with Crippen molar-refractivity contribution in [2.75, 3.05) is 0 Å². The molecule has 2 heterocycles. The van der Waals surface area contributed by atoms with Gasteiger partial charge < -0.3 is 4.98 Å². The number of hydrogen-bond donors (Lipinski definition) is 2. The van der Waals surface area contributed by atoms with Gasteiger partial charge in [0.2, 0.25) is 0 Å². The Balaban J connectivity index is 1.70. The van der Waals surface area contributed by atoms with Gasteiger partial charge in [-0.3, -0.25) is 14.5 Å². The van der Waals surface area contributed by atoms with E-state index in [1.165, 1.54) is 0 Å². The summed E-state index contributed by atoms with van der Waals surface area (Å²) in [7, 11) is 0. The van der Waals surface area contributed by atoms with Gasteiger partial charge in [0, 0.05) is 28.6 Å². The smallest absolute Gasteiger partial charge is 0.251 e. The summed E-state index contributed by atoms with van der Waals surface area (Å²) in [5.74, 6) is 0.813. The molecule has 26 heavy (non-hydrogen) atoms. The van der Waals surface area contributed by atoms with E-state index in [0.717, 1.165) is 33.5 Å². The predicted molar refractivity (Wildman–Crippen MR) is 105 cm³/mol. The van der Waals surface area contributed by atoms with Gasteiger partial charge in [-0.15, -0.1) is 0 Å². The first-order valence-corrected chi connectivity index (χ1v) is 8.88. The number of para-hydroxylation sites is 2. The van der Waals surface area contributed by atoms with Gasteiger partial charge in [0.1, 0.15) is 5.82 Å². The van der Waals surface area contributed by atoms with E-state index in [2.05, 4.69) is 15.2 Å². The number of pyridine rings is 1. The molecule has 4 rings (SSSR count). The molecule has 0 saturated carbocycles. The molecule has 0 saturated heterocycles. The van der Waals surface area contributed by atoms with Crippen LogP contribution < -0.4 is 5.56 Å². The molecule has 0 spiro atoms. The van der Waals surface area contributed by atoms with Crippen molar-refractivity contribution in [1.82, 2.24) is 19.7 Å². The zero-order valence-corrected chi connectivity index (χ0v) is 15.1. The van der Waals surface area contributed by atoms with E-state index in [4.69, 9.17) is 12.2 Å². The molecule has 2 N–H and O–H groups in total. The van der Waals surface area contributed by atoms with Gasteiger partial charge in [0.25, 0.3) is 5.56 Å². The fourth-order valence-electron chi connectivity index (χ4n) is 3.33. The van der Waals surface area contributed by atoms with Gasteiger partial charge in [-0.1, -0.05) is 36.4 Å². The van der Waals surface area contributed by atoms with Gasteiger partial charge >= 0.3 is 0 Å². The normalized spacial score (nSPS) is 11.1. The molecule has 0 atom stereocenters.